The fourth-order valence-corrected chi connectivity index (χ4v) is 3.56. The molecule has 0 aliphatic carbocycles. The number of aliphatic imine (C=N–C) groups is 1. The van der Waals surface area contributed by atoms with Gasteiger partial charge < -0.3 is 29.6 Å². The molecule has 0 unspecified atom stereocenters. The van der Waals surface area contributed by atoms with Crippen LogP contribution in [0.4, 0.5) is 0 Å². The van der Waals surface area contributed by atoms with E-state index in [0.717, 1.165) is 61.2 Å². The van der Waals surface area contributed by atoms with Crippen LogP contribution in [0.5, 0.6) is 11.5 Å². The van der Waals surface area contributed by atoms with E-state index < -0.39 is 0 Å². The summed E-state index contributed by atoms with van der Waals surface area (Å²) in [5.41, 5.74) is 3.36. The smallest absolute Gasteiger partial charge is 0.191 e. The molecule has 1 saturated heterocycles. The zero-order chi connectivity index (χ0) is 22.6. The lowest BCUT2D eigenvalue weighted by atomic mass is 10.1. The summed E-state index contributed by atoms with van der Waals surface area (Å²) >= 11 is 0. The molecule has 0 amide bonds. The van der Waals surface area contributed by atoms with Crippen molar-refractivity contribution in [3.05, 3.63) is 59.2 Å². The number of benzene rings is 2. The van der Waals surface area contributed by atoms with Crippen LogP contribution in [-0.4, -0.2) is 46.0 Å². The Labute approximate surface area is 214 Å². The summed E-state index contributed by atoms with van der Waals surface area (Å²) in [6, 6.07) is 14.2. The van der Waals surface area contributed by atoms with Gasteiger partial charge in [0.2, 0.25) is 0 Å². The van der Waals surface area contributed by atoms with Crippen molar-refractivity contribution < 1.29 is 18.9 Å². The molecule has 182 valence electrons. The zero-order valence-electron chi connectivity index (χ0n) is 19.8. The van der Waals surface area contributed by atoms with E-state index in [1.54, 1.807) is 14.2 Å². The Balaban J connectivity index is 0.00000385. The highest BCUT2D eigenvalue weighted by molar-refractivity contribution is 14.0. The van der Waals surface area contributed by atoms with E-state index in [9.17, 15) is 0 Å². The average Bonchev–Trinajstić information content (AvgIpc) is 2.85. The Morgan fingerprint density at radius 1 is 1.03 bits per heavy atom. The SMILES string of the molecule is CCNC(=NCc1cccc(COC2CCOCC2)c1)NCc1ccc(OC)cc1OC.I. The lowest BCUT2D eigenvalue weighted by Crippen LogP contribution is -2.36. The van der Waals surface area contributed by atoms with Gasteiger partial charge in [-0.25, -0.2) is 4.99 Å². The van der Waals surface area contributed by atoms with Crippen LogP contribution in [0.3, 0.4) is 0 Å². The molecular weight excluding hydrogens is 533 g/mol. The molecule has 0 atom stereocenters. The van der Waals surface area contributed by atoms with E-state index in [2.05, 4.69) is 41.8 Å². The van der Waals surface area contributed by atoms with E-state index in [4.69, 9.17) is 23.9 Å². The molecule has 8 heteroatoms. The van der Waals surface area contributed by atoms with Crippen molar-refractivity contribution in [1.82, 2.24) is 10.6 Å². The lowest BCUT2D eigenvalue weighted by Gasteiger charge is -2.22. The largest absolute Gasteiger partial charge is 0.497 e. The Kier molecular flexibility index (Phi) is 12.3. The molecule has 0 radical (unpaired) electrons. The number of hydrogen-bond acceptors (Lipinski definition) is 5. The summed E-state index contributed by atoms with van der Waals surface area (Å²) in [4.78, 5) is 4.75. The summed E-state index contributed by atoms with van der Waals surface area (Å²) in [7, 11) is 3.31. The highest BCUT2D eigenvalue weighted by Gasteiger charge is 2.14. The third kappa shape index (κ3) is 9.02. The van der Waals surface area contributed by atoms with Crippen molar-refractivity contribution in [2.45, 2.75) is 45.6 Å². The molecule has 1 aliphatic heterocycles. The number of guanidine groups is 1. The number of nitrogens with one attached hydrogen (secondary N) is 2. The Bertz CT molecular complexity index is 872. The average molecular weight is 569 g/mol. The van der Waals surface area contributed by atoms with Crippen molar-refractivity contribution in [2.75, 3.05) is 34.0 Å². The normalized spacial score (nSPS) is 14.3. The lowest BCUT2D eigenvalue weighted by molar-refractivity contribution is -0.0390. The molecule has 3 rings (SSSR count). The highest BCUT2D eigenvalue weighted by Crippen LogP contribution is 2.24. The number of nitrogens with zero attached hydrogens (tertiary/aromatic N) is 1. The quantitative estimate of drug-likeness (QED) is 0.253. The Morgan fingerprint density at radius 3 is 2.55 bits per heavy atom. The number of rotatable bonds is 10. The molecule has 1 aliphatic rings. The number of methoxy groups -OCH3 is 2. The van der Waals surface area contributed by atoms with E-state index in [-0.39, 0.29) is 24.0 Å². The zero-order valence-corrected chi connectivity index (χ0v) is 22.1. The second-order valence-electron chi connectivity index (χ2n) is 7.67. The minimum atomic E-state index is 0. The van der Waals surface area contributed by atoms with Gasteiger partial charge in [0, 0.05) is 37.9 Å². The van der Waals surface area contributed by atoms with E-state index in [0.29, 0.717) is 25.8 Å². The standard InChI is InChI=1S/C25H35N3O4.HI/c1-4-26-25(28-17-21-8-9-23(29-2)15-24(21)30-3)27-16-19-6-5-7-20(14-19)18-32-22-10-12-31-13-11-22;/h5-9,14-15,22H,4,10-13,16-18H2,1-3H3,(H2,26,27,28);1H. The van der Waals surface area contributed by atoms with E-state index >= 15 is 0 Å². The van der Waals surface area contributed by atoms with Crippen LogP contribution in [0.25, 0.3) is 0 Å². The Hall–Kier alpha value is -2.04. The third-order valence-electron chi connectivity index (χ3n) is 5.35. The summed E-state index contributed by atoms with van der Waals surface area (Å²) < 4.78 is 22.2. The van der Waals surface area contributed by atoms with Gasteiger partial charge in [-0.3, -0.25) is 0 Å². The monoisotopic (exact) mass is 569 g/mol. The van der Waals surface area contributed by atoms with Crippen molar-refractivity contribution >= 4 is 29.9 Å². The number of ether oxygens (including phenoxy) is 4. The first-order chi connectivity index (χ1) is 15.7. The predicted octanol–water partition coefficient (Wildman–Crippen LogP) is 4.27. The van der Waals surface area contributed by atoms with Crippen molar-refractivity contribution in [3.8, 4) is 11.5 Å². The predicted molar refractivity (Wildman–Crippen MR) is 142 cm³/mol. The Morgan fingerprint density at radius 2 is 1.82 bits per heavy atom. The molecule has 0 bridgehead atoms. The maximum atomic E-state index is 6.05. The molecule has 1 heterocycles. The van der Waals surface area contributed by atoms with Crippen LogP contribution in [0, 0.1) is 0 Å². The van der Waals surface area contributed by atoms with Gasteiger partial charge in [-0.2, -0.15) is 0 Å². The van der Waals surface area contributed by atoms with Gasteiger partial charge in [-0.05, 0) is 43.0 Å². The van der Waals surface area contributed by atoms with Crippen LogP contribution >= 0.6 is 24.0 Å². The fourth-order valence-electron chi connectivity index (χ4n) is 3.56. The second kappa shape index (κ2) is 15.0. The molecule has 33 heavy (non-hydrogen) atoms. The first-order valence-corrected chi connectivity index (χ1v) is 11.2. The first kappa shape index (κ1) is 27.2. The van der Waals surface area contributed by atoms with Gasteiger partial charge in [0.15, 0.2) is 5.96 Å². The topological polar surface area (TPSA) is 73.3 Å². The molecule has 1 fully saturated rings. The van der Waals surface area contributed by atoms with Crippen LogP contribution in [0.15, 0.2) is 47.5 Å². The second-order valence-corrected chi connectivity index (χ2v) is 7.67. The molecule has 2 aromatic rings. The molecule has 7 nitrogen and oxygen atoms in total. The van der Waals surface area contributed by atoms with Gasteiger partial charge in [0.1, 0.15) is 11.5 Å². The summed E-state index contributed by atoms with van der Waals surface area (Å²) in [5.74, 6) is 2.31. The maximum Gasteiger partial charge on any atom is 0.191 e. The third-order valence-corrected chi connectivity index (χ3v) is 5.35. The highest BCUT2D eigenvalue weighted by atomic mass is 127. The van der Waals surface area contributed by atoms with Crippen LogP contribution in [0.2, 0.25) is 0 Å². The fraction of sp³-hybridized carbons (Fsp3) is 0.480. The summed E-state index contributed by atoms with van der Waals surface area (Å²) in [5, 5.41) is 6.69. The van der Waals surface area contributed by atoms with E-state index in [1.807, 2.05) is 18.2 Å². The number of halogens is 1. The molecule has 2 aromatic carbocycles. The van der Waals surface area contributed by atoms with Crippen molar-refractivity contribution in [1.29, 1.82) is 0 Å². The van der Waals surface area contributed by atoms with Gasteiger partial charge >= 0.3 is 0 Å². The van der Waals surface area contributed by atoms with Gasteiger partial charge in [0.05, 0.1) is 33.5 Å². The molecule has 0 spiro atoms. The molecule has 0 saturated carbocycles. The summed E-state index contributed by atoms with van der Waals surface area (Å²) in [6.45, 7) is 6.23. The molecular formula is C25H36IN3O4. The van der Waals surface area contributed by atoms with E-state index in [1.165, 1.54) is 5.56 Å². The minimum absolute atomic E-state index is 0. The molecule has 0 aromatic heterocycles. The van der Waals surface area contributed by atoms with Crippen molar-refractivity contribution in [3.63, 3.8) is 0 Å². The van der Waals surface area contributed by atoms with Crippen LogP contribution < -0.4 is 20.1 Å². The van der Waals surface area contributed by atoms with Gasteiger partial charge in [0.25, 0.3) is 0 Å². The maximum absolute atomic E-state index is 6.05. The van der Waals surface area contributed by atoms with Crippen molar-refractivity contribution in [2.24, 2.45) is 4.99 Å². The number of hydrogen-bond donors (Lipinski definition) is 2. The van der Waals surface area contributed by atoms with Gasteiger partial charge in [-0.15, -0.1) is 24.0 Å². The van der Waals surface area contributed by atoms with Gasteiger partial charge in [-0.1, -0.05) is 24.3 Å². The first-order valence-electron chi connectivity index (χ1n) is 11.2. The molecule has 2 N–H and O–H groups in total. The minimum Gasteiger partial charge on any atom is -0.497 e. The van der Waals surface area contributed by atoms with Crippen LogP contribution in [0.1, 0.15) is 36.5 Å². The van der Waals surface area contributed by atoms with Crippen LogP contribution in [-0.2, 0) is 29.2 Å². The summed E-state index contributed by atoms with van der Waals surface area (Å²) in [6.07, 6.45) is 2.24.